The number of hydrogen-bond donors (Lipinski definition) is 0. The Bertz CT molecular complexity index is 222. The van der Waals surface area contributed by atoms with E-state index in [1.165, 1.54) is 6.16 Å². The van der Waals surface area contributed by atoms with Crippen molar-refractivity contribution in [1.29, 1.82) is 0 Å². The van der Waals surface area contributed by atoms with Gasteiger partial charge in [0.25, 0.3) is 0 Å². The second kappa shape index (κ2) is 6.25. The molecule has 1 heterocycles. The average molecular weight is 268 g/mol. The summed E-state index contributed by atoms with van der Waals surface area (Å²) in [6.07, 6.45) is 18.9. The lowest BCUT2D eigenvalue weighted by molar-refractivity contribution is 0.403. The van der Waals surface area contributed by atoms with Gasteiger partial charge in [-0.1, -0.05) is 60.8 Å². The molecule has 1 heteroatoms. The predicted molar refractivity (Wildman–Crippen MR) is 85.1 cm³/mol. The molecule has 18 heavy (non-hydrogen) atoms. The molecule has 0 radical (unpaired) electrons. The first kappa shape index (κ1) is 14.8. The largest absolute Gasteiger partial charge is 0.0942 e. The molecule has 2 spiro atoms. The number of hydrogen-bond acceptors (Lipinski definition) is 0. The lowest BCUT2D eigenvalue weighted by Gasteiger charge is -2.53. The molecule has 1 aliphatic heterocycles. The van der Waals surface area contributed by atoms with Crippen LogP contribution in [0.5, 0.6) is 0 Å². The van der Waals surface area contributed by atoms with Crippen molar-refractivity contribution >= 4 is 7.92 Å². The van der Waals surface area contributed by atoms with Crippen LogP contribution < -0.4 is 0 Å². The van der Waals surface area contributed by atoms with Crippen molar-refractivity contribution in [2.75, 3.05) is 6.16 Å². The van der Waals surface area contributed by atoms with Gasteiger partial charge in [0.05, 0.1) is 0 Å². The van der Waals surface area contributed by atoms with Crippen molar-refractivity contribution in [3.05, 3.63) is 0 Å². The van der Waals surface area contributed by atoms with Gasteiger partial charge in [0.1, 0.15) is 0 Å². The SMILES string of the molecule is CC.CCP1C2(CCCC2)CCCC12CCCC2. The smallest absolute Gasteiger partial charge is 0.00895 e. The molecule has 2 saturated carbocycles. The maximum atomic E-state index is 2.51. The van der Waals surface area contributed by atoms with Crippen LogP contribution in [-0.4, -0.2) is 16.5 Å². The van der Waals surface area contributed by atoms with E-state index in [0.717, 1.165) is 10.3 Å². The van der Waals surface area contributed by atoms with Crippen LogP contribution in [0.25, 0.3) is 0 Å². The third-order valence-electron chi connectivity index (χ3n) is 5.81. The molecule has 1 saturated heterocycles. The highest BCUT2D eigenvalue weighted by Crippen LogP contribution is 2.74. The summed E-state index contributed by atoms with van der Waals surface area (Å²) in [6, 6.07) is 0. The van der Waals surface area contributed by atoms with Crippen LogP contribution in [0.1, 0.15) is 91.4 Å². The minimum atomic E-state index is 0.360. The molecule has 3 rings (SSSR count). The van der Waals surface area contributed by atoms with Crippen LogP contribution in [0.15, 0.2) is 0 Å². The first-order valence-electron chi connectivity index (χ1n) is 8.59. The zero-order chi connectivity index (χ0) is 13.1. The molecule has 0 unspecified atom stereocenters. The van der Waals surface area contributed by atoms with Gasteiger partial charge in [0.15, 0.2) is 0 Å². The molecule has 0 aromatic rings. The minimum Gasteiger partial charge on any atom is -0.0942 e. The van der Waals surface area contributed by atoms with Crippen molar-refractivity contribution in [2.24, 2.45) is 0 Å². The van der Waals surface area contributed by atoms with E-state index >= 15 is 0 Å². The van der Waals surface area contributed by atoms with Gasteiger partial charge in [-0.15, -0.1) is 0 Å². The summed E-state index contributed by atoms with van der Waals surface area (Å²) in [4.78, 5) is 0. The van der Waals surface area contributed by atoms with Crippen molar-refractivity contribution in [2.45, 2.75) is 102 Å². The van der Waals surface area contributed by atoms with E-state index in [2.05, 4.69) is 6.92 Å². The summed E-state index contributed by atoms with van der Waals surface area (Å²) in [5.74, 6) is 0. The van der Waals surface area contributed by atoms with E-state index < -0.39 is 0 Å². The summed E-state index contributed by atoms with van der Waals surface area (Å²) in [6.45, 7) is 6.51. The minimum absolute atomic E-state index is 0.360. The van der Waals surface area contributed by atoms with Gasteiger partial charge in [-0.3, -0.25) is 0 Å². The van der Waals surface area contributed by atoms with E-state index in [0.29, 0.717) is 7.92 Å². The molecular formula is C17H33P. The Balaban J connectivity index is 0.000000574. The predicted octanol–water partition coefficient (Wildman–Crippen LogP) is 6.32. The summed E-state index contributed by atoms with van der Waals surface area (Å²) < 4.78 is 0. The van der Waals surface area contributed by atoms with Crippen LogP contribution in [-0.2, 0) is 0 Å². The first-order chi connectivity index (χ1) is 8.81. The van der Waals surface area contributed by atoms with Gasteiger partial charge in [-0.25, -0.2) is 0 Å². The quantitative estimate of drug-likeness (QED) is 0.488. The van der Waals surface area contributed by atoms with Gasteiger partial charge in [0, 0.05) is 0 Å². The summed E-state index contributed by atoms with van der Waals surface area (Å²) in [5, 5.41) is 1.76. The van der Waals surface area contributed by atoms with Gasteiger partial charge in [0.2, 0.25) is 0 Å². The highest BCUT2D eigenvalue weighted by atomic mass is 31.1. The summed E-state index contributed by atoms with van der Waals surface area (Å²) >= 11 is 0. The molecule has 0 nitrogen and oxygen atoms in total. The molecule has 0 bridgehead atoms. The van der Waals surface area contributed by atoms with Gasteiger partial charge in [-0.2, -0.15) is 0 Å². The average Bonchev–Trinajstić information content (AvgIpc) is 3.04. The maximum absolute atomic E-state index is 2.51. The van der Waals surface area contributed by atoms with Gasteiger partial charge < -0.3 is 0 Å². The normalized spacial score (nSPS) is 29.5. The molecule has 106 valence electrons. The molecule has 0 aromatic heterocycles. The standard InChI is InChI=1S/C15H27P.C2H6/c1-2-16-14(8-3-4-9-14)12-7-13-15(16)10-5-6-11-15;1-2/h2-13H2,1H3;1-2H3. The molecule has 0 aromatic carbocycles. The van der Waals surface area contributed by atoms with E-state index in [-0.39, 0.29) is 0 Å². The Labute approximate surface area is 116 Å². The van der Waals surface area contributed by atoms with Crippen molar-refractivity contribution < 1.29 is 0 Å². The van der Waals surface area contributed by atoms with E-state index in [9.17, 15) is 0 Å². The van der Waals surface area contributed by atoms with E-state index in [1.807, 2.05) is 13.8 Å². The fourth-order valence-corrected chi connectivity index (χ4v) is 10.2. The molecule has 3 fully saturated rings. The zero-order valence-corrected chi connectivity index (χ0v) is 13.8. The fraction of sp³-hybridized carbons (Fsp3) is 1.00. The fourth-order valence-electron chi connectivity index (χ4n) is 5.30. The third kappa shape index (κ3) is 2.39. The molecule has 0 N–H and O–H groups in total. The summed E-state index contributed by atoms with van der Waals surface area (Å²) in [5.41, 5.74) is 0. The van der Waals surface area contributed by atoms with Crippen LogP contribution in [0.4, 0.5) is 0 Å². The van der Waals surface area contributed by atoms with E-state index in [1.54, 1.807) is 70.6 Å². The molecule has 0 atom stereocenters. The Morgan fingerprint density at radius 1 is 0.667 bits per heavy atom. The van der Waals surface area contributed by atoms with Crippen molar-refractivity contribution in [3.8, 4) is 0 Å². The van der Waals surface area contributed by atoms with Crippen LogP contribution in [0, 0.1) is 0 Å². The Hall–Kier alpha value is 0.430. The lowest BCUT2D eigenvalue weighted by Crippen LogP contribution is -2.40. The van der Waals surface area contributed by atoms with Crippen LogP contribution >= 0.6 is 7.92 Å². The van der Waals surface area contributed by atoms with Crippen molar-refractivity contribution in [1.82, 2.24) is 0 Å². The third-order valence-corrected chi connectivity index (χ3v) is 10.1. The summed E-state index contributed by atoms with van der Waals surface area (Å²) in [7, 11) is 0.360. The van der Waals surface area contributed by atoms with Crippen LogP contribution in [0.3, 0.4) is 0 Å². The van der Waals surface area contributed by atoms with Crippen molar-refractivity contribution in [3.63, 3.8) is 0 Å². The zero-order valence-electron chi connectivity index (χ0n) is 12.9. The molecular weight excluding hydrogens is 235 g/mol. The Kier molecular flexibility index (Phi) is 5.15. The topological polar surface area (TPSA) is 0 Å². The first-order valence-corrected chi connectivity index (χ1v) is 10.1. The highest BCUT2D eigenvalue weighted by Gasteiger charge is 2.53. The van der Waals surface area contributed by atoms with Gasteiger partial charge >= 0.3 is 0 Å². The second-order valence-corrected chi connectivity index (χ2v) is 9.85. The van der Waals surface area contributed by atoms with Crippen LogP contribution in [0.2, 0.25) is 0 Å². The Morgan fingerprint density at radius 3 is 1.33 bits per heavy atom. The maximum Gasteiger partial charge on any atom is -0.00895 e. The van der Waals surface area contributed by atoms with Gasteiger partial charge in [-0.05, 0) is 55.0 Å². The lowest BCUT2D eigenvalue weighted by atomic mass is 9.91. The molecule has 3 aliphatic rings. The molecule has 0 amide bonds. The van der Waals surface area contributed by atoms with E-state index in [4.69, 9.17) is 0 Å². The Morgan fingerprint density at radius 2 is 1.00 bits per heavy atom. The highest BCUT2D eigenvalue weighted by molar-refractivity contribution is 7.61. The second-order valence-electron chi connectivity index (χ2n) is 6.46. The monoisotopic (exact) mass is 268 g/mol. The number of rotatable bonds is 1. The molecule has 2 aliphatic carbocycles.